The maximum absolute atomic E-state index is 11.8. The molecular formula is C14H12ClN5O3S. The lowest BCUT2D eigenvalue weighted by Gasteiger charge is -2.04. The van der Waals surface area contributed by atoms with Gasteiger partial charge in [0.15, 0.2) is 10.8 Å². The number of urea groups is 1. The zero-order chi connectivity index (χ0) is 16.9. The standard InChI is InChI=1S/C14H12ClN5O3S/c15-8-4-10-12(16-5-8)20-14(18-10)24-7-11(21)19-13(22)17-6-9-2-1-3-23-9/h1-5H,6-7H2,(H,16,18,20)(H2,17,19,21,22). The van der Waals surface area contributed by atoms with Crippen molar-refractivity contribution < 1.29 is 14.0 Å². The van der Waals surface area contributed by atoms with Crippen molar-refractivity contribution in [2.75, 3.05) is 5.75 Å². The molecule has 3 amide bonds. The Morgan fingerprint density at radius 3 is 3.08 bits per heavy atom. The van der Waals surface area contributed by atoms with E-state index in [0.29, 0.717) is 27.1 Å². The summed E-state index contributed by atoms with van der Waals surface area (Å²) >= 11 is 7.00. The van der Waals surface area contributed by atoms with Gasteiger partial charge in [-0.25, -0.2) is 14.8 Å². The molecule has 8 nitrogen and oxygen atoms in total. The highest BCUT2D eigenvalue weighted by molar-refractivity contribution is 7.99. The van der Waals surface area contributed by atoms with Crippen LogP contribution in [0.25, 0.3) is 11.2 Å². The van der Waals surface area contributed by atoms with Crippen LogP contribution < -0.4 is 10.6 Å². The molecule has 0 saturated carbocycles. The molecule has 3 aromatic rings. The Morgan fingerprint density at radius 2 is 2.29 bits per heavy atom. The van der Waals surface area contributed by atoms with Crippen molar-refractivity contribution >= 4 is 46.5 Å². The summed E-state index contributed by atoms with van der Waals surface area (Å²) in [4.78, 5) is 34.6. The Kier molecular flexibility index (Phi) is 5.02. The van der Waals surface area contributed by atoms with Crippen LogP contribution in [-0.2, 0) is 11.3 Å². The van der Waals surface area contributed by atoms with Gasteiger partial charge >= 0.3 is 6.03 Å². The van der Waals surface area contributed by atoms with Crippen LogP contribution in [0.2, 0.25) is 5.02 Å². The highest BCUT2D eigenvalue weighted by Crippen LogP contribution is 2.20. The second-order valence-corrected chi connectivity index (χ2v) is 6.07. The van der Waals surface area contributed by atoms with Crippen LogP contribution in [0.4, 0.5) is 4.79 Å². The van der Waals surface area contributed by atoms with Gasteiger partial charge in [0.25, 0.3) is 0 Å². The van der Waals surface area contributed by atoms with Gasteiger partial charge in [-0.1, -0.05) is 23.4 Å². The van der Waals surface area contributed by atoms with Crippen molar-refractivity contribution in [2.45, 2.75) is 11.7 Å². The average Bonchev–Trinajstić information content (AvgIpc) is 3.19. The van der Waals surface area contributed by atoms with Crippen LogP contribution in [0.1, 0.15) is 5.76 Å². The third-order valence-electron chi connectivity index (χ3n) is 2.88. The molecule has 3 rings (SSSR count). The summed E-state index contributed by atoms with van der Waals surface area (Å²) in [6, 6.07) is 4.55. The van der Waals surface area contributed by atoms with Crippen molar-refractivity contribution in [1.29, 1.82) is 0 Å². The van der Waals surface area contributed by atoms with E-state index in [4.69, 9.17) is 16.0 Å². The monoisotopic (exact) mass is 365 g/mol. The SMILES string of the molecule is O=C(CSc1nc2ncc(Cl)cc2[nH]1)NC(=O)NCc1ccco1. The fourth-order valence-electron chi connectivity index (χ4n) is 1.84. The Bertz CT molecular complexity index is 865. The number of nitrogens with one attached hydrogen (secondary N) is 3. The molecule has 0 radical (unpaired) electrons. The van der Waals surface area contributed by atoms with Crippen LogP contribution in [0.5, 0.6) is 0 Å². The lowest BCUT2D eigenvalue weighted by molar-refractivity contribution is -0.117. The van der Waals surface area contributed by atoms with Crippen LogP contribution in [0, 0.1) is 0 Å². The van der Waals surface area contributed by atoms with Crippen molar-refractivity contribution in [3.8, 4) is 0 Å². The third-order valence-corrected chi connectivity index (χ3v) is 3.96. The lowest BCUT2D eigenvalue weighted by Crippen LogP contribution is -2.39. The Labute approximate surface area is 145 Å². The second-order valence-electron chi connectivity index (χ2n) is 4.67. The molecule has 0 aliphatic heterocycles. The first-order chi connectivity index (χ1) is 11.6. The normalized spacial score (nSPS) is 10.7. The number of fused-ring (bicyclic) bond motifs is 1. The number of rotatable bonds is 5. The molecule has 24 heavy (non-hydrogen) atoms. The number of thioether (sulfide) groups is 1. The molecule has 3 N–H and O–H groups in total. The minimum absolute atomic E-state index is 0.0295. The number of aromatic nitrogens is 3. The van der Waals surface area contributed by atoms with Crippen molar-refractivity contribution in [2.24, 2.45) is 0 Å². The Balaban J connectivity index is 1.46. The zero-order valence-electron chi connectivity index (χ0n) is 12.2. The van der Waals surface area contributed by atoms with E-state index in [-0.39, 0.29) is 12.3 Å². The highest BCUT2D eigenvalue weighted by Gasteiger charge is 2.11. The first-order valence-corrected chi connectivity index (χ1v) is 8.20. The predicted octanol–water partition coefficient (Wildman–Crippen LogP) is 2.32. The molecule has 0 aromatic carbocycles. The molecule has 3 heterocycles. The number of hydrogen-bond donors (Lipinski definition) is 3. The molecule has 0 unspecified atom stereocenters. The molecule has 0 fully saturated rings. The molecule has 0 atom stereocenters. The minimum atomic E-state index is -0.588. The maximum atomic E-state index is 11.8. The quantitative estimate of drug-likeness (QED) is 0.598. The summed E-state index contributed by atoms with van der Waals surface area (Å²) in [5, 5.41) is 5.76. The average molecular weight is 366 g/mol. The summed E-state index contributed by atoms with van der Waals surface area (Å²) in [5.74, 6) is 0.186. The van der Waals surface area contributed by atoms with E-state index in [1.54, 1.807) is 18.2 Å². The maximum Gasteiger partial charge on any atom is 0.321 e. The Morgan fingerprint density at radius 1 is 1.42 bits per heavy atom. The van der Waals surface area contributed by atoms with E-state index >= 15 is 0 Å². The summed E-state index contributed by atoms with van der Waals surface area (Å²) in [5.41, 5.74) is 1.19. The van der Waals surface area contributed by atoms with E-state index < -0.39 is 11.9 Å². The number of imide groups is 1. The van der Waals surface area contributed by atoms with Crippen LogP contribution in [0.3, 0.4) is 0 Å². The minimum Gasteiger partial charge on any atom is -0.467 e. The van der Waals surface area contributed by atoms with Crippen LogP contribution in [-0.4, -0.2) is 32.6 Å². The zero-order valence-corrected chi connectivity index (χ0v) is 13.8. The van der Waals surface area contributed by atoms with Gasteiger partial charge in [-0.15, -0.1) is 0 Å². The molecule has 0 bridgehead atoms. The largest absolute Gasteiger partial charge is 0.467 e. The first-order valence-electron chi connectivity index (χ1n) is 6.84. The third kappa shape index (κ3) is 4.27. The number of amides is 3. The smallest absolute Gasteiger partial charge is 0.321 e. The summed E-state index contributed by atoms with van der Waals surface area (Å²) in [6.45, 7) is 0.204. The topological polar surface area (TPSA) is 113 Å². The summed E-state index contributed by atoms with van der Waals surface area (Å²) in [6.07, 6.45) is 3.00. The number of carbonyl (C=O) groups excluding carboxylic acids is 2. The molecule has 124 valence electrons. The molecule has 0 spiro atoms. The number of carbonyl (C=O) groups is 2. The number of hydrogen-bond acceptors (Lipinski definition) is 6. The van der Waals surface area contributed by atoms with Crippen molar-refractivity contribution in [3.05, 3.63) is 41.4 Å². The van der Waals surface area contributed by atoms with E-state index in [0.717, 1.165) is 11.8 Å². The van der Waals surface area contributed by atoms with Gasteiger partial charge in [0, 0.05) is 6.20 Å². The number of H-pyrrole nitrogens is 1. The van der Waals surface area contributed by atoms with Crippen molar-refractivity contribution in [3.63, 3.8) is 0 Å². The van der Waals surface area contributed by atoms with E-state index in [1.165, 1.54) is 12.5 Å². The fraction of sp³-hybridized carbons (Fsp3) is 0.143. The van der Waals surface area contributed by atoms with E-state index in [1.807, 2.05) is 0 Å². The number of nitrogens with zero attached hydrogens (tertiary/aromatic N) is 2. The number of pyridine rings is 1. The molecule has 0 aliphatic rings. The molecule has 3 aromatic heterocycles. The predicted molar refractivity (Wildman–Crippen MR) is 88.7 cm³/mol. The van der Waals surface area contributed by atoms with Gasteiger partial charge < -0.3 is 14.7 Å². The second kappa shape index (κ2) is 7.37. The molecule has 0 saturated heterocycles. The number of furan rings is 1. The van der Waals surface area contributed by atoms with Gasteiger partial charge in [0.2, 0.25) is 5.91 Å². The number of aromatic amines is 1. The van der Waals surface area contributed by atoms with Gasteiger partial charge in [-0.05, 0) is 18.2 Å². The van der Waals surface area contributed by atoms with Crippen molar-refractivity contribution in [1.82, 2.24) is 25.6 Å². The molecule has 10 heteroatoms. The van der Waals surface area contributed by atoms with E-state index in [2.05, 4.69) is 25.6 Å². The first kappa shape index (κ1) is 16.3. The van der Waals surface area contributed by atoms with Crippen LogP contribution in [0.15, 0.2) is 40.2 Å². The molecule has 0 aliphatic carbocycles. The van der Waals surface area contributed by atoms with Gasteiger partial charge in [-0.3, -0.25) is 10.1 Å². The summed E-state index contributed by atoms with van der Waals surface area (Å²) < 4.78 is 5.07. The number of imidazole rings is 1. The van der Waals surface area contributed by atoms with E-state index in [9.17, 15) is 9.59 Å². The lowest BCUT2D eigenvalue weighted by atomic mass is 10.4. The van der Waals surface area contributed by atoms with Gasteiger partial charge in [-0.2, -0.15) is 0 Å². The number of halogens is 1. The highest BCUT2D eigenvalue weighted by atomic mass is 35.5. The van der Waals surface area contributed by atoms with Gasteiger partial charge in [0.1, 0.15) is 5.76 Å². The fourth-order valence-corrected chi connectivity index (χ4v) is 2.67. The van der Waals surface area contributed by atoms with Crippen LogP contribution >= 0.6 is 23.4 Å². The van der Waals surface area contributed by atoms with Gasteiger partial charge in [0.05, 0.1) is 29.1 Å². The Hall–Kier alpha value is -2.52. The summed E-state index contributed by atoms with van der Waals surface area (Å²) in [7, 11) is 0. The molecular weight excluding hydrogens is 354 g/mol.